The number of benzene rings is 1. The van der Waals surface area contributed by atoms with Gasteiger partial charge in [-0.15, -0.1) is 11.3 Å². The predicted octanol–water partition coefficient (Wildman–Crippen LogP) is 5.00. The number of carbonyl (C=O) groups excluding carboxylic acids is 1. The first-order chi connectivity index (χ1) is 12.1. The number of methoxy groups -OCH3 is 1. The number of amides is 1. The van der Waals surface area contributed by atoms with E-state index in [1.54, 1.807) is 30.6 Å². The third-order valence-corrected chi connectivity index (χ3v) is 5.22. The van der Waals surface area contributed by atoms with E-state index in [0.29, 0.717) is 41.3 Å². The van der Waals surface area contributed by atoms with Crippen LogP contribution in [0.1, 0.15) is 41.4 Å². The molecule has 4 nitrogen and oxygen atoms in total. The third-order valence-electron chi connectivity index (χ3n) is 4.08. The summed E-state index contributed by atoms with van der Waals surface area (Å²) in [7, 11) is 1.56. The summed E-state index contributed by atoms with van der Waals surface area (Å²) in [6.07, 6.45) is 2.98. The van der Waals surface area contributed by atoms with Crippen LogP contribution in [0, 0.1) is 0 Å². The highest BCUT2D eigenvalue weighted by Crippen LogP contribution is 2.38. The van der Waals surface area contributed by atoms with Crippen LogP contribution >= 0.6 is 22.9 Å². The van der Waals surface area contributed by atoms with Crippen molar-refractivity contribution in [3.8, 4) is 11.5 Å². The van der Waals surface area contributed by atoms with Gasteiger partial charge < -0.3 is 14.4 Å². The Morgan fingerprint density at radius 1 is 1.40 bits per heavy atom. The largest absolute Gasteiger partial charge is 0.493 e. The van der Waals surface area contributed by atoms with Gasteiger partial charge >= 0.3 is 0 Å². The minimum absolute atomic E-state index is 0.0156. The molecular weight excluding hydrogens is 358 g/mol. The molecule has 1 aromatic heterocycles. The van der Waals surface area contributed by atoms with Crippen LogP contribution in [0.5, 0.6) is 11.5 Å². The average molecular weight is 380 g/mol. The minimum atomic E-state index is -0.0156. The lowest BCUT2D eigenvalue weighted by molar-refractivity contribution is 0.0731. The second-order valence-electron chi connectivity index (χ2n) is 6.08. The number of thiophene rings is 1. The van der Waals surface area contributed by atoms with Crippen molar-refractivity contribution in [1.29, 1.82) is 0 Å². The molecule has 1 fully saturated rings. The molecule has 0 unspecified atom stereocenters. The molecule has 1 aliphatic carbocycles. The fourth-order valence-corrected chi connectivity index (χ4v) is 3.64. The lowest BCUT2D eigenvalue weighted by Gasteiger charge is -2.23. The summed E-state index contributed by atoms with van der Waals surface area (Å²) in [5, 5.41) is 2.44. The molecule has 1 heterocycles. The van der Waals surface area contributed by atoms with E-state index in [0.717, 1.165) is 19.3 Å². The van der Waals surface area contributed by atoms with Gasteiger partial charge in [0.2, 0.25) is 0 Å². The SMILES string of the molecule is CCCOc1c(Cl)cc(C(=O)N(Cc2cccs2)C2CC2)cc1OC. The molecule has 0 spiro atoms. The predicted molar refractivity (Wildman–Crippen MR) is 101 cm³/mol. The molecule has 1 aliphatic rings. The zero-order valence-corrected chi connectivity index (χ0v) is 16.0. The Kier molecular flexibility index (Phi) is 5.86. The Balaban J connectivity index is 1.85. The number of hydrogen-bond acceptors (Lipinski definition) is 4. The minimum Gasteiger partial charge on any atom is -0.493 e. The first-order valence-electron chi connectivity index (χ1n) is 8.47. The van der Waals surface area contributed by atoms with Crippen LogP contribution in [0.15, 0.2) is 29.6 Å². The van der Waals surface area contributed by atoms with Crippen molar-refractivity contribution in [1.82, 2.24) is 4.90 Å². The summed E-state index contributed by atoms with van der Waals surface area (Å²) in [5.41, 5.74) is 0.536. The van der Waals surface area contributed by atoms with Crippen LogP contribution in [0.3, 0.4) is 0 Å². The van der Waals surface area contributed by atoms with Gasteiger partial charge in [-0.3, -0.25) is 4.79 Å². The second-order valence-corrected chi connectivity index (χ2v) is 7.52. The van der Waals surface area contributed by atoms with Gasteiger partial charge in [-0.1, -0.05) is 24.6 Å². The van der Waals surface area contributed by atoms with Gasteiger partial charge in [0.1, 0.15) is 0 Å². The molecule has 0 atom stereocenters. The highest BCUT2D eigenvalue weighted by atomic mass is 35.5. The third kappa shape index (κ3) is 4.28. The van der Waals surface area contributed by atoms with E-state index >= 15 is 0 Å². The number of rotatable bonds is 8. The molecule has 1 saturated carbocycles. The van der Waals surface area contributed by atoms with Crippen molar-refractivity contribution >= 4 is 28.8 Å². The van der Waals surface area contributed by atoms with Crippen molar-refractivity contribution in [3.05, 3.63) is 45.1 Å². The van der Waals surface area contributed by atoms with Crippen molar-refractivity contribution in [2.75, 3.05) is 13.7 Å². The molecular formula is C19H22ClNO3S. The van der Waals surface area contributed by atoms with E-state index in [4.69, 9.17) is 21.1 Å². The normalized spacial score (nSPS) is 13.6. The average Bonchev–Trinajstić information content (AvgIpc) is 3.33. The molecule has 0 N–H and O–H groups in total. The molecule has 0 radical (unpaired) electrons. The maximum absolute atomic E-state index is 13.1. The van der Waals surface area contributed by atoms with Crippen LogP contribution in [0.25, 0.3) is 0 Å². The molecule has 134 valence electrons. The first kappa shape index (κ1) is 18.1. The van der Waals surface area contributed by atoms with Gasteiger partial charge in [-0.25, -0.2) is 0 Å². The number of halogens is 1. The summed E-state index contributed by atoms with van der Waals surface area (Å²) in [6, 6.07) is 7.79. The topological polar surface area (TPSA) is 38.8 Å². The fraction of sp³-hybridized carbons (Fsp3) is 0.421. The molecule has 2 aromatic rings. The lowest BCUT2D eigenvalue weighted by atomic mass is 10.1. The van der Waals surface area contributed by atoms with E-state index in [9.17, 15) is 4.79 Å². The van der Waals surface area contributed by atoms with Crippen LogP contribution < -0.4 is 9.47 Å². The summed E-state index contributed by atoms with van der Waals surface area (Å²) < 4.78 is 11.1. The Morgan fingerprint density at radius 3 is 2.80 bits per heavy atom. The lowest BCUT2D eigenvalue weighted by Crippen LogP contribution is -2.32. The number of hydrogen-bond donors (Lipinski definition) is 0. The summed E-state index contributed by atoms with van der Waals surface area (Å²) in [6.45, 7) is 3.21. The van der Waals surface area contributed by atoms with Crippen molar-refractivity contribution in [2.24, 2.45) is 0 Å². The molecule has 1 aromatic carbocycles. The molecule has 1 amide bonds. The van der Waals surface area contributed by atoms with E-state index < -0.39 is 0 Å². The van der Waals surface area contributed by atoms with Crippen LogP contribution in [-0.2, 0) is 6.54 Å². The number of carbonyl (C=O) groups is 1. The zero-order valence-electron chi connectivity index (χ0n) is 14.5. The standard InChI is InChI=1S/C19H22ClNO3S/c1-3-8-24-18-16(20)10-13(11-17(18)23-2)19(22)21(14-6-7-14)12-15-5-4-9-25-15/h4-5,9-11,14H,3,6-8,12H2,1-2H3. The highest BCUT2D eigenvalue weighted by molar-refractivity contribution is 7.09. The van der Waals surface area contributed by atoms with Gasteiger partial charge in [0, 0.05) is 16.5 Å². The molecule has 0 aliphatic heterocycles. The fourth-order valence-electron chi connectivity index (χ4n) is 2.68. The van der Waals surface area contributed by atoms with Gasteiger partial charge in [0.25, 0.3) is 5.91 Å². The smallest absolute Gasteiger partial charge is 0.254 e. The van der Waals surface area contributed by atoms with E-state index in [-0.39, 0.29) is 5.91 Å². The zero-order chi connectivity index (χ0) is 17.8. The highest BCUT2D eigenvalue weighted by Gasteiger charge is 2.34. The van der Waals surface area contributed by atoms with Gasteiger partial charge in [-0.2, -0.15) is 0 Å². The second kappa shape index (κ2) is 8.11. The van der Waals surface area contributed by atoms with Crippen molar-refractivity contribution in [2.45, 2.75) is 38.8 Å². The van der Waals surface area contributed by atoms with Gasteiger partial charge in [0.15, 0.2) is 11.5 Å². The van der Waals surface area contributed by atoms with Gasteiger partial charge in [0.05, 0.1) is 25.3 Å². The molecule has 0 bridgehead atoms. The van der Waals surface area contributed by atoms with Gasteiger partial charge in [-0.05, 0) is 42.8 Å². The van der Waals surface area contributed by atoms with Crippen LogP contribution in [0.4, 0.5) is 0 Å². The molecule has 0 saturated heterocycles. The maximum Gasteiger partial charge on any atom is 0.254 e. The summed E-state index contributed by atoms with van der Waals surface area (Å²) in [4.78, 5) is 16.2. The Hall–Kier alpha value is -1.72. The Bertz CT molecular complexity index is 729. The summed E-state index contributed by atoms with van der Waals surface area (Å²) in [5.74, 6) is 0.980. The van der Waals surface area contributed by atoms with E-state index in [1.807, 2.05) is 23.3 Å². The Morgan fingerprint density at radius 2 is 2.20 bits per heavy atom. The molecule has 25 heavy (non-hydrogen) atoms. The quantitative estimate of drug-likeness (QED) is 0.647. The van der Waals surface area contributed by atoms with Crippen LogP contribution in [-0.4, -0.2) is 30.6 Å². The molecule has 3 rings (SSSR count). The monoisotopic (exact) mass is 379 g/mol. The van der Waals surface area contributed by atoms with E-state index in [2.05, 4.69) is 6.07 Å². The summed E-state index contributed by atoms with van der Waals surface area (Å²) >= 11 is 8.03. The Labute approximate surface area is 157 Å². The molecule has 6 heteroatoms. The number of nitrogens with zero attached hydrogens (tertiary/aromatic N) is 1. The number of ether oxygens (including phenoxy) is 2. The first-order valence-corrected chi connectivity index (χ1v) is 9.73. The van der Waals surface area contributed by atoms with Crippen molar-refractivity contribution < 1.29 is 14.3 Å². The maximum atomic E-state index is 13.1. The van der Waals surface area contributed by atoms with E-state index in [1.165, 1.54) is 4.88 Å². The van der Waals surface area contributed by atoms with Crippen LogP contribution in [0.2, 0.25) is 5.02 Å². The van der Waals surface area contributed by atoms with Crippen molar-refractivity contribution in [3.63, 3.8) is 0 Å².